The summed E-state index contributed by atoms with van der Waals surface area (Å²) in [7, 11) is 0. The second-order valence-electron chi connectivity index (χ2n) is 4.71. The molecule has 0 aliphatic rings. The predicted molar refractivity (Wildman–Crippen MR) is 79.6 cm³/mol. The molecule has 0 heterocycles. The Labute approximate surface area is 109 Å². The van der Waals surface area contributed by atoms with E-state index in [1.54, 1.807) is 0 Å². The van der Waals surface area contributed by atoms with E-state index in [-0.39, 0.29) is 0 Å². The highest BCUT2D eigenvalue weighted by atomic mass is 14.8. The van der Waals surface area contributed by atoms with E-state index in [0.29, 0.717) is 0 Å². The zero-order valence-electron chi connectivity index (χ0n) is 11.2. The van der Waals surface area contributed by atoms with Crippen molar-refractivity contribution in [1.82, 2.24) is 0 Å². The van der Waals surface area contributed by atoms with Gasteiger partial charge in [-0.3, -0.25) is 0 Å². The van der Waals surface area contributed by atoms with Gasteiger partial charge in [-0.05, 0) is 49.6 Å². The van der Waals surface area contributed by atoms with Crippen LogP contribution in [0.25, 0.3) is 5.57 Å². The number of benzene rings is 2. The van der Waals surface area contributed by atoms with Crippen molar-refractivity contribution in [3.05, 3.63) is 71.4 Å². The van der Waals surface area contributed by atoms with Crippen LogP contribution in [0.3, 0.4) is 0 Å². The van der Waals surface area contributed by atoms with Gasteiger partial charge in [-0.25, -0.2) is 0 Å². The van der Waals surface area contributed by atoms with Crippen LogP contribution >= 0.6 is 0 Å². The second-order valence-corrected chi connectivity index (χ2v) is 4.71. The summed E-state index contributed by atoms with van der Waals surface area (Å²) in [5.74, 6) is 0. The molecule has 0 saturated carbocycles. The molecule has 1 N–H and O–H groups in total. The number of rotatable bonds is 3. The smallest absolute Gasteiger partial charge is 0.0382 e. The first-order valence-corrected chi connectivity index (χ1v) is 6.22. The van der Waals surface area contributed by atoms with Crippen LogP contribution in [-0.2, 0) is 0 Å². The highest BCUT2D eigenvalue weighted by molar-refractivity contribution is 5.66. The minimum absolute atomic E-state index is 1.13. The Bertz CT molecular complexity index is 550. The van der Waals surface area contributed by atoms with Crippen LogP contribution in [-0.4, -0.2) is 0 Å². The van der Waals surface area contributed by atoms with Crippen molar-refractivity contribution >= 4 is 11.3 Å². The number of allylic oxidation sites excluding steroid dienone is 1. The van der Waals surface area contributed by atoms with Crippen LogP contribution in [0.4, 0.5) is 5.69 Å². The fourth-order valence-corrected chi connectivity index (χ4v) is 1.83. The highest BCUT2D eigenvalue weighted by Gasteiger charge is 1.95. The van der Waals surface area contributed by atoms with E-state index in [1.807, 2.05) is 0 Å². The molecule has 0 spiro atoms. The lowest BCUT2D eigenvalue weighted by Crippen LogP contribution is -1.90. The summed E-state index contributed by atoms with van der Waals surface area (Å²) >= 11 is 0. The molecule has 0 fully saturated rings. The minimum atomic E-state index is 1.13. The maximum absolute atomic E-state index is 3.34. The summed E-state index contributed by atoms with van der Waals surface area (Å²) in [4.78, 5) is 0. The molecule has 0 bridgehead atoms. The highest BCUT2D eigenvalue weighted by Crippen LogP contribution is 2.16. The van der Waals surface area contributed by atoms with Crippen LogP contribution in [0.5, 0.6) is 0 Å². The van der Waals surface area contributed by atoms with Gasteiger partial charge in [0.25, 0.3) is 0 Å². The molecule has 2 rings (SSSR count). The molecule has 2 aromatic rings. The molecule has 0 aliphatic carbocycles. The van der Waals surface area contributed by atoms with Gasteiger partial charge in [-0.1, -0.05) is 42.0 Å². The van der Waals surface area contributed by atoms with E-state index < -0.39 is 0 Å². The first-order valence-electron chi connectivity index (χ1n) is 6.22. The third-order valence-electron chi connectivity index (χ3n) is 2.98. The Kier molecular flexibility index (Phi) is 3.83. The summed E-state index contributed by atoms with van der Waals surface area (Å²) < 4.78 is 0. The average Bonchev–Trinajstić information content (AvgIpc) is 2.37. The van der Waals surface area contributed by atoms with Gasteiger partial charge in [0.2, 0.25) is 0 Å². The van der Waals surface area contributed by atoms with Crippen molar-refractivity contribution in [1.29, 1.82) is 0 Å². The summed E-state index contributed by atoms with van der Waals surface area (Å²) in [5.41, 5.74) is 6.17. The van der Waals surface area contributed by atoms with E-state index in [0.717, 1.165) is 5.69 Å². The zero-order chi connectivity index (χ0) is 13.0. The molecule has 2 aromatic carbocycles. The summed E-state index contributed by atoms with van der Waals surface area (Å²) in [6.07, 6.45) is 2.06. The summed E-state index contributed by atoms with van der Waals surface area (Å²) in [6.45, 7) is 6.32. The number of hydrogen-bond donors (Lipinski definition) is 1. The predicted octanol–water partition coefficient (Wildman–Crippen LogP) is 4.78. The monoisotopic (exact) mass is 237 g/mol. The van der Waals surface area contributed by atoms with E-state index in [9.17, 15) is 0 Å². The van der Waals surface area contributed by atoms with Gasteiger partial charge in [-0.2, -0.15) is 0 Å². The fraction of sp³-hybridized carbons (Fsp3) is 0.176. The van der Waals surface area contributed by atoms with Gasteiger partial charge in [0, 0.05) is 11.9 Å². The van der Waals surface area contributed by atoms with E-state index >= 15 is 0 Å². The molecule has 0 radical (unpaired) electrons. The Morgan fingerprint density at radius 3 is 2.33 bits per heavy atom. The number of aryl methyl sites for hydroxylation is 2. The Hall–Kier alpha value is -2.02. The molecule has 0 aromatic heterocycles. The number of hydrogen-bond acceptors (Lipinski definition) is 1. The van der Waals surface area contributed by atoms with E-state index in [2.05, 4.69) is 80.8 Å². The SMILES string of the molecule is C/C(=C\Nc1cccc(C)c1)c1ccc(C)cc1. The number of nitrogens with one attached hydrogen (secondary N) is 1. The zero-order valence-corrected chi connectivity index (χ0v) is 11.2. The van der Waals surface area contributed by atoms with Crippen LogP contribution < -0.4 is 5.32 Å². The molecule has 0 saturated heterocycles. The van der Waals surface area contributed by atoms with Gasteiger partial charge in [0.15, 0.2) is 0 Å². The second kappa shape index (κ2) is 5.54. The van der Waals surface area contributed by atoms with Gasteiger partial charge in [0.1, 0.15) is 0 Å². The maximum Gasteiger partial charge on any atom is 0.0382 e. The molecule has 0 atom stereocenters. The molecule has 0 amide bonds. The molecular formula is C17H19N. The lowest BCUT2D eigenvalue weighted by atomic mass is 10.1. The fourth-order valence-electron chi connectivity index (χ4n) is 1.83. The van der Waals surface area contributed by atoms with Crippen molar-refractivity contribution in [3.63, 3.8) is 0 Å². The maximum atomic E-state index is 3.34. The minimum Gasteiger partial charge on any atom is -0.361 e. The molecule has 92 valence electrons. The van der Waals surface area contributed by atoms with Crippen molar-refractivity contribution < 1.29 is 0 Å². The van der Waals surface area contributed by atoms with Crippen molar-refractivity contribution in [2.24, 2.45) is 0 Å². The van der Waals surface area contributed by atoms with E-state index in [4.69, 9.17) is 0 Å². The topological polar surface area (TPSA) is 12.0 Å². The standard InChI is InChI=1S/C17H19N/c1-13-7-9-16(10-8-13)15(3)12-18-17-6-4-5-14(2)11-17/h4-12,18H,1-3H3/b15-12+. The van der Waals surface area contributed by atoms with Gasteiger partial charge < -0.3 is 5.32 Å². The van der Waals surface area contributed by atoms with E-state index in [1.165, 1.54) is 22.3 Å². The molecule has 1 nitrogen and oxygen atoms in total. The average molecular weight is 237 g/mol. The normalized spacial score (nSPS) is 11.4. The van der Waals surface area contributed by atoms with Crippen LogP contribution in [0.15, 0.2) is 54.7 Å². The van der Waals surface area contributed by atoms with Gasteiger partial charge in [-0.15, -0.1) is 0 Å². The first-order chi connectivity index (χ1) is 8.65. The molecular weight excluding hydrogens is 218 g/mol. The summed E-state index contributed by atoms with van der Waals surface area (Å²) in [5, 5.41) is 3.34. The Morgan fingerprint density at radius 2 is 1.67 bits per heavy atom. The van der Waals surface area contributed by atoms with Crippen LogP contribution in [0.2, 0.25) is 0 Å². The largest absolute Gasteiger partial charge is 0.361 e. The third-order valence-corrected chi connectivity index (χ3v) is 2.98. The molecule has 0 unspecified atom stereocenters. The molecule has 18 heavy (non-hydrogen) atoms. The Balaban J connectivity index is 2.11. The van der Waals surface area contributed by atoms with Crippen molar-refractivity contribution in [2.45, 2.75) is 20.8 Å². The summed E-state index contributed by atoms with van der Waals surface area (Å²) in [6, 6.07) is 17.0. The van der Waals surface area contributed by atoms with Crippen molar-refractivity contribution in [2.75, 3.05) is 5.32 Å². The van der Waals surface area contributed by atoms with Gasteiger partial charge >= 0.3 is 0 Å². The lowest BCUT2D eigenvalue weighted by Gasteiger charge is -2.05. The van der Waals surface area contributed by atoms with Gasteiger partial charge in [0.05, 0.1) is 0 Å². The van der Waals surface area contributed by atoms with Crippen LogP contribution in [0.1, 0.15) is 23.6 Å². The molecule has 1 heteroatoms. The van der Waals surface area contributed by atoms with Crippen molar-refractivity contribution in [3.8, 4) is 0 Å². The lowest BCUT2D eigenvalue weighted by molar-refractivity contribution is 1.43. The third kappa shape index (κ3) is 3.24. The number of anilines is 1. The molecule has 0 aliphatic heterocycles. The van der Waals surface area contributed by atoms with Crippen LogP contribution in [0, 0.1) is 13.8 Å². The first kappa shape index (κ1) is 12.4. The Morgan fingerprint density at radius 1 is 0.944 bits per heavy atom. The quantitative estimate of drug-likeness (QED) is 0.810.